The van der Waals surface area contributed by atoms with Gasteiger partial charge in [0.05, 0.1) is 11.6 Å². The molecule has 1 atom stereocenters. The Kier molecular flexibility index (Phi) is 5.60. The van der Waals surface area contributed by atoms with Gasteiger partial charge in [-0.05, 0) is 76.6 Å². The van der Waals surface area contributed by atoms with Gasteiger partial charge in [0.1, 0.15) is 18.0 Å². The zero-order valence-corrected chi connectivity index (χ0v) is 15.6. The standard InChI is InChI=1S/C19H27NO5/c1-11(20-18(23)25-19(3,4)5)10-24-16-9-15(17(21)22)14-8-6-7-13(14)12(16)2/h9,11H,6-8,10H2,1-5H3,(H,20,23)(H,21,22)/t11-/m0/s1. The Morgan fingerprint density at radius 2 is 1.92 bits per heavy atom. The second-order valence-electron chi connectivity index (χ2n) is 7.52. The monoisotopic (exact) mass is 349 g/mol. The lowest BCUT2D eigenvalue weighted by molar-refractivity contribution is 0.0493. The number of amides is 1. The van der Waals surface area contributed by atoms with E-state index in [0.29, 0.717) is 11.3 Å². The fourth-order valence-electron chi connectivity index (χ4n) is 3.04. The van der Waals surface area contributed by atoms with E-state index in [0.717, 1.165) is 36.0 Å². The lowest BCUT2D eigenvalue weighted by Gasteiger charge is -2.22. The molecule has 1 aromatic carbocycles. The number of fused-ring (bicyclic) bond motifs is 1. The summed E-state index contributed by atoms with van der Waals surface area (Å²) in [7, 11) is 0. The zero-order chi connectivity index (χ0) is 18.8. The maximum absolute atomic E-state index is 11.8. The van der Waals surface area contributed by atoms with E-state index in [2.05, 4.69) is 5.32 Å². The third-order valence-corrected chi connectivity index (χ3v) is 4.12. The first kappa shape index (κ1) is 19.1. The van der Waals surface area contributed by atoms with Gasteiger partial charge in [0, 0.05) is 0 Å². The average Bonchev–Trinajstić information content (AvgIpc) is 2.93. The topological polar surface area (TPSA) is 84.9 Å². The fourth-order valence-corrected chi connectivity index (χ4v) is 3.04. The molecular weight excluding hydrogens is 322 g/mol. The van der Waals surface area contributed by atoms with Crippen LogP contribution >= 0.6 is 0 Å². The molecule has 1 aliphatic carbocycles. The van der Waals surface area contributed by atoms with E-state index in [4.69, 9.17) is 9.47 Å². The van der Waals surface area contributed by atoms with Crippen molar-refractivity contribution >= 4 is 12.1 Å². The van der Waals surface area contributed by atoms with Crippen LogP contribution in [0.4, 0.5) is 4.79 Å². The Bertz CT molecular complexity index is 675. The second kappa shape index (κ2) is 7.33. The molecule has 1 aromatic rings. The Hall–Kier alpha value is -2.24. The van der Waals surface area contributed by atoms with Gasteiger partial charge in [0.15, 0.2) is 0 Å². The van der Waals surface area contributed by atoms with Gasteiger partial charge in [0.2, 0.25) is 0 Å². The Morgan fingerprint density at radius 3 is 2.52 bits per heavy atom. The predicted octanol–water partition coefficient (Wildman–Crippen LogP) is 3.47. The number of hydrogen-bond acceptors (Lipinski definition) is 4. The highest BCUT2D eigenvalue weighted by molar-refractivity contribution is 5.91. The van der Waals surface area contributed by atoms with Gasteiger partial charge >= 0.3 is 12.1 Å². The molecule has 0 saturated carbocycles. The molecule has 1 amide bonds. The molecule has 138 valence electrons. The summed E-state index contributed by atoms with van der Waals surface area (Å²) in [5.41, 5.74) is 2.76. The number of carboxylic acid groups (broad SMARTS) is 1. The van der Waals surface area contributed by atoms with Crippen LogP contribution < -0.4 is 10.1 Å². The van der Waals surface area contributed by atoms with Crippen molar-refractivity contribution in [2.75, 3.05) is 6.61 Å². The van der Waals surface area contributed by atoms with Crippen molar-refractivity contribution < 1.29 is 24.2 Å². The maximum atomic E-state index is 11.8. The first-order valence-electron chi connectivity index (χ1n) is 8.59. The number of alkyl carbamates (subject to hydrolysis) is 1. The molecule has 25 heavy (non-hydrogen) atoms. The van der Waals surface area contributed by atoms with E-state index in [1.54, 1.807) is 26.8 Å². The van der Waals surface area contributed by atoms with Crippen LogP contribution in [-0.4, -0.2) is 35.4 Å². The summed E-state index contributed by atoms with van der Waals surface area (Å²) in [6.07, 6.45) is 2.15. The van der Waals surface area contributed by atoms with Crippen molar-refractivity contribution in [2.24, 2.45) is 0 Å². The molecule has 2 N–H and O–H groups in total. The van der Waals surface area contributed by atoms with Gasteiger partial charge < -0.3 is 19.9 Å². The minimum atomic E-state index is -0.928. The van der Waals surface area contributed by atoms with Gasteiger partial charge in [-0.3, -0.25) is 0 Å². The smallest absolute Gasteiger partial charge is 0.407 e. The number of benzene rings is 1. The Labute approximate surface area is 148 Å². The lowest BCUT2D eigenvalue weighted by atomic mass is 9.98. The summed E-state index contributed by atoms with van der Waals surface area (Å²) in [6, 6.07) is 1.33. The van der Waals surface area contributed by atoms with Crippen molar-refractivity contribution in [2.45, 2.75) is 65.5 Å². The first-order chi connectivity index (χ1) is 11.6. The van der Waals surface area contributed by atoms with Crippen LogP contribution in [0.5, 0.6) is 5.75 Å². The third-order valence-electron chi connectivity index (χ3n) is 4.12. The van der Waals surface area contributed by atoms with Crippen molar-refractivity contribution in [3.05, 3.63) is 28.3 Å². The molecular formula is C19H27NO5. The minimum Gasteiger partial charge on any atom is -0.491 e. The van der Waals surface area contributed by atoms with Crippen molar-refractivity contribution in [3.8, 4) is 5.75 Å². The molecule has 0 unspecified atom stereocenters. The molecule has 0 bridgehead atoms. The van der Waals surface area contributed by atoms with Crippen molar-refractivity contribution in [1.82, 2.24) is 5.32 Å². The number of carbonyl (C=O) groups is 2. The molecule has 0 heterocycles. The van der Waals surface area contributed by atoms with E-state index in [1.165, 1.54) is 0 Å². The summed E-state index contributed by atoms with van der Waals surface area (Å²) < 4.78 is 11.0. The average molecular weight is 349 g/mol. The van der Waals surface area contributed by atoms with Crippen LogP contribution in [-0.2, 0) is 17.6 Å². The summed E-state index contributed by atoms with van der Waals surface area (Å²) in [5.74, 6) is -0.362. The number of carboxylic acids is 1. The van der Waals surface area contributed by atoms with E-state index in [1.807, 2.05) is 13.8 Å². The van der Waals surface area contributed by atoms with Gasteiger partial charge in [-0.2, -0.15) is 0 Å². The van der Waals surface area contributed by atoms with Crippen molar-refractivity contribution in [1.29, 1.82) is 0 Å². The lowest BCUT2D eigenvalue weighted by Crippen LogP contribution is -2.40. The number of nitrogens with one attached hydrogen (secondary N) is 1. The quantitative estimate of drug-likeness (QED) is 0.850. The van der Waals surface area contributed by atoms with Crippen LogP contribution in [0.1, 0.15) is 61.2 Å². The molecule has 0 aromatic heterocycles. The summed E-state index contributed by atoms with van der Waals surface area (Å²) in [5, 5.41) is 12.2. The molecule has 2 rings (SSSR count). The molecule has 6 nitrogen and oxygen atoms in total. The summed E-state index contributed by atoms with van der Waals surface area (Å²) in [4.78, 5) is 23.3. The van der Waals surface area contributed by atoms with E-state index < -0.39 is 17.7 Å². The van der Waals surface area contributed by atoms with Gasteiger partial charge in [0.25, 0.3) is 0 Å². The van der Waals surface area contributed by atoms with Gasteiger partial charge in [-0.25, -0.2) is 9.59 Å². The van der Waals surface area contributed by atoms with Gasteiger partial charge in [-0.1, -0.05) is 0 Å². The normalized spacial score (nSPS) is 14.6. The highest BCUT2D eigenvalue weighted by Gasteiger charge is 2.24. The molecule has 1 aliphatic rings. The van der Waals surface area contributed by atoms with Crippen LogP contribution in [0.3, 0.4) is 0 Å². The SMILES string of the molecule is Cc1c(OC[C@H](C)NC(=O)OC(C)(C)C)cc(C(=O)O)c2c1CCC2. The Balaban J connectivity index is 2.05. The number of hydrogen-bond donors (Lipinski definition) is 2. The van der Waals surface area contributed by atoms with Crippen LogP contribution in [0.15, 0.2) is 6.07 Å². The number of ether oxygens (including phenoxy) is 2. The van der Waals surface area contributed by atoms with Crippen LogP contribution in [0.25, 0.3) is 0 Å². The highest BCUT2D eigenvalue weighted by atomic mass is 16.6. The summed E-state index contributed by atoms with van der Waals surface area (Å²) in [6.45, 7) is 9.40. The molecule has 6 heteroatoms. The summed E-state index contributed by atoms with van der Waals surface area (Å²) >= 11 is 0. The predicted molar refractivity (Wildman–Crippen MR) is 94.5 cm³/mol. The Morgan fingerprint density at radius 1 is 1.28 bits per heavy atom. The molecule has 0 aliphatic heterocycles. The molecule has 0 fully saturated rings. The second-order valence-corrected chi connectivity index (χ2v) is 7.52. The third kappa shape index (κ3) is 4.87. The van der Waals surface area contributed by atoms with Gasteiger partial charge in [-0.15, -0.1) is 0 Å². The minimum absolute atomic E-state index is 0.234. The number of rotatable bonds is 5. The van der Waals surface area contributed by atoms with Crippen LogP contribution in [0.2, 0.25) is 0 Å². The largest absolute Gasteiger partial charge is 0.491 e. The molecule has 0 radical (unpaired) electrons. The van der Waals surface area contributed by atoms with Crippen molar-refractivity contribution in [3.63, 3.8) is 0 Å². The molecule has 0 spiro atoms. The first-order valence-corrected chi connectivity index (χ1v) is 8.59. The van der Waals surface area contributed by atoms with E-state index in [-0.39, 0.29) is 12.6 Å². The highest BCUT2D eigenvalue weighted by Crippen LogP contribution is 2.34. The number of carbonyl (C=O) groups excluding carboxylic acids is 1. The van der Waals surface area contributed by atoms with Crippen LogP contribution in [0, 0.1) is 6.92 Å². The zero-order valence-electron chi connectivity index (χ0n) is 15.6. The van der Waals surface area contributed by atoms with E-state index >= 15 is 0 Å². The maximum Gasteiger partial charge on any atom is 0.407 e. The molecule has 0 saturated heterocycles. The number of aromatic carboxylic acids is 1. The van der Waals surface area contributed by atoms with E-state index in [9.17, 15) is 14.7 Å². The fraction of sp³-hybridized carbons (Fsp3) is 0.579.